The second kappa shape index (κ2) is 6.00. The van der Waals surface area contributed by atoms with Crippen LogP contribution in [0.15, 0.2) is 46.9 Å². The lowest BCUT2D eigenvalue weighted by Gasteiger charge is -2.10. The predicted molar refractivity (Wildman–Crippen MR) is 91.0 cm³/mol. The lowest BCUT2D eigenvalue weighted by atomic mass is 10.2. The van der Waals surface area contributed by atoms with Crippen molar-refractivity contribution in [3.63, 3.8) is 0 Å². The Morgan fingerprint density at radius 3 is 2.83 bits per heavy atom. The molecule has 1 unspecified atom stereocenters. The van der Waals surface area contributed by atoms with E-state index in [2.05, 4.69) is 16.8 Å². The zero-order valence-electron chi connectivity index (χ0n) is 12.9. The van der Waals surface area contributed by atoms with Crippen molar-refractivity contribution in [2.24, 2.45) is 0 Å². The second-order valence-electron chi connectivity index (χ2n) is 5.21. The molecule has 0 aliphatic heterocycles. The van der Waals surface area contributed by atoms with Crippen LogP contribution in [0.2, 0.25) is 0 Å². The molecule has 0 spiro atoms. The van der Waals surface area contributed by atoms with Crippen molar-refractivity contribution in [1.29, 1.82) is 0 Å². The van der Waals surface area contributed by atoms with Crippen LogP contribution in [0.5, 0.6) is 0 Å². The maximum absolute atomic E-state index is 12.6. The third-order valence-electron chi connectivity index (χ3n) is 3.64. The van der Waals surface area contributed by atoms with Crippen molar-refractivity contribution >= 4 is 34.2 Å². The molecule has 1 atom stereocenters. The Morgan fingerprint density at radius 1 is 1.39 bits per heavy atom. The van der Waals surface area contributed by atoms with E-state index in [1.807, 2.05) is 29.5 Å². The molecule has 0 bridgehead atoms. The summed E-state index contributed by atoms with van der Waals surface area (Å²) in [6.07, 6.45) is 1.65. The number of carbonyl (C=O) groups is 1. The van der Waals surface area contributed by atoms with E-state index in [0.29, 0.717) is 22.9 Å². The Bertz CT molecular complexity index is 973. The monoisotopic (exact) mass is 328 g/mol. The number of thioether (sulfide) groups is 1. The molecule has 3 aromatic rings. The van der Waals surface area contributed by atoms with Crippen molar-refractivity contribution in [3.8, 4) is 0 Å². The fourth-order valence-corrected chi connectivity index (χ4v) is 3.20. The zero-order valence-corrected chi connectivity index (χ0v) is 13.7. The summed E-state index contributed by atoms with van der Waals surface area (Å²) in [5.74, 6) is 0.516. The Hall–Kier alpha value is -2.41. The summed E-state index contributed by atoms with van der Waals surface area (Å²) >= 11 is 1.33. The first-order chi connectivity index (χ1) is 11.0. The van der Waals surface area contributed by atoms with Crippen LogP contribution >= 0.6 is 11.8 Å². The minimum atomic E-state index is -0.235. The quantitative estimate of drug-likeness (QED) is 0.531. The van der Waals surface area contributed by atoms with Gasteiger partial charge in [-0.25, -0.2) is 0 Å². The molecular formula is C16H16N4O2S. The highest BCUT2D eigenvalue weighted by atomic mass is 32.2. The van der Waals surface area contributed by atoms with Gasteiger partial charge in [0.05, 0.1) is 16.2 Å². The summed E-state index contributed by atoms with van der Waals surface area (Å²) < 4.78 is 3.36. The van der Waals surface area contributed by atoms with Crippen LogP contribution in [0.4, 0.5) is 0 Å². The molecule has 7 heteroatoms. The van der Waals surface area contributed by atoms with E-state index < -0.39 is 0 Å². The fourth-order valence-electron chi connectivity index (χ4n) is 2.34. The Morgan fingerprint density at radius 2 is 2.13 bits per heavy atom. The largest absolute Gasteiger partial charge is 0.299 e. The van der Waals surface area contributed by atoms with Gasteiger partial charge >= 0.3 is 0 Å². The number of Topliss-reactive ketones (excluding diaryl/α,β-unsaturated/α-hetero) is 1. The Kier molecular flexibility index (Phi) is 4.04. The van der Waals surface area contributed by atoms with Gasteiger partial charge < -0.3 is 0 Å². The molecule has 2 aromatic heterocycles. The number of rotatable bonds is 5. The molecule has 0 amide bonds. The smallest absolute Gasteiger partial charge is 0.263 e. The topological polar surface area (TPSA) is 69.3 Å². The Labute approximate surface area is 136 Å². The molecule has 3 rings (SSSR count). The minimum absolute atomic E-state index is 0.0652. The standard InChI is InChI=1S/C16H16N4O2S/c1-4-9-19-14(22)12-7-5-6-8-13(12)20-15(19)17-18-16(20)23-11(3)10(2)21/h4-8,11H,1,9H2,2-3H3. The van der Waals surface area contributed by atoms with Gasteiger partial charge in [0.2, 0.25) is 5.78 Å². The molecule has 2 heterocycles. The van der Waals surface area contributed by atoms with Gasteiger partial charge in [0.1, 0.15) is 5.78 Å². The number of carbonyl (C=O) groups excluding carboxylic acids is 1. The summed E-state index contributed by atoms with van der Waals surface area (Å²) in [7, 11) is 0. The molecule has 0 aliphatic carbocycles. The SMILES string of the molecule is C=CCn1c(=O)c2ccccc2n2c(SC(C)C(C)=O)nnc12. The average Bonchev–Trinajstić information content (AvgIpc) is 2.95. The van der Waals surface area contributed by atoms with Gasteiger partial charge in [-0.05, 0) is 26.0 Å². The van der Waals surface area contributed by atoms with E-state index in [1.54, 1.807) is 19.1 Å². The number of hydrogen-bond acceptors (Lipinski definition) is 5. The first-order valence-electron chi connectivity index (χ1n) is 7.19. The first-order valence-corrected chi connectivity index (χ1v) is 8.07. The van der Waals surface area contributed by atoms with Crippen LogP contribution in [-0.4, -0.2) is 30.2 Å². The highest BCUT2D eigenvalue weighted by Crippen LogP contribution is 2.25. The van der Waals surface area contributed by atoms with E-state index in [-0.39, 0.29) is 16.6 Å². The molecular weight excluding hydrogens is 312 g/mol. The molecule has 0 aliphatic rings. The van der Waals surface area contributed by atoms with E-state index in [4.69, 9.17) is 0 Å². The second-order valence-corrected chi connectivity index (χ2v) is 6.52. The van der Waals surface area contributed by atoms with Crippen molar-refractivity contribution < 1.29 is 4.79 Å². The number of allylic oxidation sites excluding steroid dienone is 1. The third kappa shape index (κ3) is 2.57. The maximum atomic E-state index is 12.6. The Balaban J connectivity index is 2.35. The molecule has 1 aromatic carbocycles. The maximum Gasteiger partial charge on any atom is 0.263 e. The van der Waals surface area contributed by atoms with Gasteiger partial charge in [0.25, 0.3) is 5.56 Å². The van der Waals surface area contributed by atoms with Gasteiger partial charge in [-0.15, -0.1) is 16.8 Å². The van der Waals surface area contributed by atoms with Crippen molar-refractivity contribution in [1.82, 2.24) is 19.2 Å². The van der Waals surface area contributed by atoms with E-state index in [1.165, 1.54) is 16.3 Å². The van der Waals surface area contributed by atoms with Crippen LogP contribution in [-0.2, 0) is 11.3 Å². The van der Waals surface area contributed by atoms with Gasteiger partial charge in [0.15, 0.2) is 5.16 Å². The van der Waals surface area contributed by atoms with Gasteiger partial charge in [-0.2, -0.15) is 0 Å². The number of nitrogens with zero attached hydrogens (tertiary/aromatic N) is 4. The zero-order chi connectivity index (χ0) is 16.6. The number of hydrogen-bond donors (Lipinski definition) is 0. The van der Waals surface area contributed by atoms with Gasteiger partial charge in [-0.3, -0.25) is 18.6 Å². The fraction of sp³-hybridized carbons (Fsp3) is 0.250. The van der Waals surface area contributed by atoms with Gasteiger partial charge in [0, 0.05) is 6.54 Å². The summed E-state index contributed by atoms with van der Waals surface area (Å²) in [5, 5.41) is 9.28. The number of ketones is 1. The van der Waals surface area contributed by atoms with Gasteiger partial charge in [-0.1, -0.05) is 30.0 Å². The molecule has 118 valence electrons. The first kappa shape index (κ1) is 15.5. The van der Waals surface area contributed by atoms with Crippen molar-refractivity contribution in [3.05, 3.63) is 47.3 Å². The number of fused-ring (bicyclic) bond motifs is 3. The molecule has 0 saturated heterocycles. The molecule has 0 saturated carbocycles. The van der Waals surface area contributed by atoms with E-state index in [0.717, 1.165) is 5.52 Å². The van der Waals surface area contributed by atoms with Crippen LogP contribution in [0.1, 0.15) is 13.8 Å². The van der Waals surface area contributed by atoms with Crippen LogP contribution in [0, 0.1) is 0 Å². The summed E-state index contributed by atoms with van der Waals surface area (Å²) in [5.41, 5.74) is 0.604. The van der Waals surface area contributed by atoms with E-state index >= 15 is 0 Å². The number of aromatic nitrogens is 4. The molecule has 23 heavy (non-hydrogen) atoms. The van der Waals surface area contributed by atoms with Crippen LogP contribution in [0.25, 0.3) is 16.7 Å². The molecule has 0 fully saturated rings. The number of benzene rings is 1. The predicted octanol–water partition coefficient (Wildman–Crippen LogP) is 2.30. The highest BCUT2D eigenvalue weighted by Gasteiger charge is 2.19. The average molecular weight is 328 g/mol. The van der Waals surface area contributed by atoms with Crippen LogP contribution in [0.3, 0.4) is 0 Å². The molecule has 6 nitrogen and oxygen atoms in total. The molecule has 0 N–H and O–H groups in total. The summed E-state index contributed by atoms with van der Waals surface area (Å²) in [6, 6.07) is 7.32. The van der Waals surface area contributed by atoms with E-state index in [9.17, 15) is 9.59 Å². The summed E-state index contributed by atoms with van der Waals surface area (Å²) in [4.78, 5) is 24.2. The van der Waals surface area contributed by atoms with Crippen molar-refractivity contribution in [2.75, 3.05) is 0 Å². The van der Waals surface area contributed by atoms with Crippen molar-refractivity contribution in [2.45, 2.75) is 30.8 Å². The van der Waals surface area contributed by atoms with Crippen LogP contribution < -0.4 is 5.56 Å². The highest BCUT2D eigenvalue weighted by molar-refractivity contribution is 8.00. The lowest BCUT2D eigenvalue weighted by Crippen LogP contribution is -2.23. The minimum Gasteiger partial charge on any atom is -0.299 e. The number of para-hydroxylation sites is 1. The normalized spacial score (nSPS) is 12.6. The summed E-state index contributed by atoms with van der Waals surface area (Å²) in [6.45, 7) is 7.42. The lowest BCUT2D eigenvalue weighted by molar-refractivity contribution is -0.116. The third-order valence-corrected chi connectivity index (χ3v) is 4.81. The molecule has 0 radical (unpaired) electrons.